The number of halogens is 2. The molecular weight excluding hydrogens is 389 g/mol. The van der Waals surface area contributed by atoms with E-state index in [2.05, 4.69) is 17.4 Å². The zero-order chi connectivity index (χ0) is 19.3. The van der Waals surface area contributed by atoms with Gasteiger partial charge in [0, 0.05) is 28.0 Å². The summed E-state index contributed by atoms with van der Waals surface area (Å²) in [4.78, 5) is 13.6. The average molecular weight is 408 g/mol. The number of piperidine rings is 1. The first-order chi connectivity index (χ1) is 13.6. The first-order valence-electron chi connectivity index (χ1n) is 9.51. The summed E-state index contributed by atoms with van der Waals surface area (Å²) in [5.74, 6) is -0.112. The number of ketones is 1. The number of hydrogen-bond donors (Lipinski definition) is 1. The third-order valence-corrected chi connectivity index (χ3v) is 6.77. The van der Waals surface area contributed by atoms with Crippen LogP contribution in [0.1, 0.15) is 40.3 Å². The van der Waals surface area contributed by atoms with Crippen LogP contribution in [0.2, 0.25) is 10.0 Å². The number of Topliss-reactive ketones (excluding diaryl/α,β-unsaturated/α-hetero) is 1. The third kappa shape index (κ3) is 2.79. The predicted molar refractivity (Wildman–Crippen MR) is 113 cm³/mol. The Bertz CT molecular complexity index is 1060. The smallest absolute Gasteiger partial charge is 0.147 e. The summed E-state index contributed by atoms with van der Waals surface area (Å²) in [6, 6.07) is 23.5. The van der Waals surface area contributed by atoms with Crippen LogP contribution in [0.25, 0.3) is 0 Å². The average Bonchev–Trinajstić information content (AvgIpc) is 2.70. The van der Waals surface area contributed by atoms with Crippen LogP contribution in [0.15, 0.2) is 72.8 Å². The molecule has 0 radical (unpaired) electrons. The van der Waals surface area contributed by atoms with Crippen molar-refractivity contribution in [2.75, 3.05) is 0 Å². The largest absolute Gasteiger partial charge is 0.301 e. The number of hydrogen-bond acceptors (Lipinski definition) is 2. The van der Waals surface area contributed by atoms with Crippen molar-refractivity contribution in [1.82, 2.24) is 5.32 Å². The normalized spacial score (nSPS) is 26.0. The van der Waals surface area contributed by atoms with Gasteiger partial charge < -0.3 is 5.32 Å². The number of fused-ring (bicyclic) bond motifs is 4. The SMILES string of the molecule is O=C1C2Cc3ccccc3C1C(c1ccccc1Cl)NC2c1ccccc1Cl. The van der Waals surface area contributed by atoms with E-state index in [0.717, 1.165) is 23.1 Å². The third-order valence-electron chi connectivity index (χ3n) is 6.08. The highest BCUT2D eigenvalue weighted by atomic mass is 35.5. The quantitative estimate of drug-likeness (QED) is 0.572. The highest BCUT2D eigenvalue weighted by Crippen LogP contribution is 2.50. The summed E-state index contributed by atoms with van der Waals surface area (Å²) in [6.07, 6.45) is 0.726. The summed E-state index contributed by atoms with van der Waals surface area (Å²) in [5.41, 5.74) is 4.28. The second kappa shape index (κ2) is 7.04. The Hall–Kier alpha value is -2.13. The maximum Gasteiger partial charge on any atom is 0.147 e. The van der Waals surface area contributed by atoms with Crippen LogP contribution < -0.4 is 5.32 Å². The fourth-order valence-corrected chi connectivity index (χ4v) is 5.31. The lowest BCUT2D eigenvalue weighted by atomic mass is 9.65. The first kappa shape index (κ1) is 17.9. The Kier molecular flexibility index (Phi) is 4.51. The van der Waals surface area contributed by atoms with Crippen LogP contribution in [0, 0.1) is 5.92 Å². The van der Waals surface area contributed by atoms with Crippen molar-refractivity contribution in [1.29, 1.82) is 0 Å². The fourth-order valence-electron chi connectivity index (χ4n) is 4.81. The summed E-state index contributed by atoms with van der Waals surface area (Å²) in [6.45, 7) is 0. The molecule has 0 aromatic heterocycles. The van der Waals surface area contributed by atoms with E-state index in [0.29, 0.717) is 10.0 Å². The maximum atomic E-state index is 13.6. The van der Waals surface area contributed by atoms with Crippen LogP contribution in [-0.4, -0.2) is 5.78 Å². The van der Waals surface area contributed by atoms with Gasteiger partial charge in [-0.05, 0) is 40.8 Å². The molecule has 140 valence electrons. The Balaban J connectivity index is 1.70. The molecule has 1 saturated heterocycles. The molecule has 2 bridgehead atoms. The van der Waals surface area contributed by atoms with Crippen LogP contribution >= 0.6 is 23.2 Å². The highest BCUT2D eigenvalue weighted by Gasteiger charge is 2.49. The molecule has 1 heterocycles. The van der Waals surface area contributed by atoms with Crippen molar-refractivity contribution in [3.05, 3.63) is 105 Å². The number of nitrogens with one attached hydrogen (secondary N) is 1. The lowest BCUT2D eigenvalue weighted by molar-refractivity contribution is -0.129. The number of benzene rings is 3. The molecule has 5 rings (SSSR count). The molecular formula is C24H19Cl2NO. The van der Waals surface area contributed by atoms with Crippen LogP contribution in [0.5, 0.6) is 0 Å². The summed E-state index contributed by atoms with van der Waals surface area (Å²) < 4.78 is 0. The van der Waals surface area contributed by atoms with E-state index in [1.165, 1.54) is 5.56 Å². The maximum absolute atomic E-state index is 13.6. The van der Waals surface area contributed by atoms with Gasteiger partial charge in [0.05, 0.1) is 5.92 Å². The molecule has 0 spiro atoms. The molecule has 1 N–H and O–H groups in total. The number of carbonyl (C=O) groups excluding carboxylic acids is 1. The minimum atomic E-state index is -0.242. The van der Waals surface area contributed by atoms with Crippen molar-refractivity contribution in [2.45, 2.75) is 24.4 Å². The van der Waals surface area contributed by atoms with Crippen LogP contribution in [-0.2, 0) is 11.2 Å². The van der Waals surface area contributed by atoms with Crippen LogP contribution in [0.4, 0.5) is 0 Å². The molecule has 0 amide bonds. The Morgan fingerprint density at radius 3 is 1.89 bits per heavy atom. The van der Waals surface area contributed by atoms with Crippen molar-refractivity contribution in [3.8, 4) is 0 Å². The summed E-state index contributed by atoms with van der Waals surface area (Å²) in [7, 11) is 0. The standard InChI is InChI=1S/C24H19Cl2NO/c25-19-11-5-3-9-16(19)22-18-13-14-7-1-2-8-15(14)21(24(18)28)23(27-22)17-10-4-6-12-20(17)26/h1-12,18,21-23,27H,13H2. The molecule has 2 aliphatic rings. The molecule has 4 heteroatoms. The van der Waals surface area contributed by atoms with E-state index in [-0.39, 0.29) is 29.7 Å². The van der Waals surface area contributed by atoms with E-state index < -0.39 is 0 Å². The molecule has 1 aliphatic carbocycles. The van der Waals surface area contributed by atoms with Gasteiger partial charge in [-0.15, -0.1) is 0 Å². The zero-order valence-corrected chi connectivity index (χ0v) is 16.6. The van der Waals surface area contributed by atoms with Crippen LogP contribution in [0.3, 0.4) is 0 Å². The van der Waals surface area contributed by atoms with Crippen molar-refractivity contribution >= 4 is 29.0 Å². The van der Waals surface area contributed by atoms with E-state index in [9.17, 15) is 4.79 Å². The molecule has 28 heavy (non-hydrogen) atoms. The van der Waals surface area contributed by atoms with Crippen molar-refractivity contribution < 1.29 is 4.79 Å². The molecule has 4 atom stereocenters. The van der Waals surface area contributed by atoms with Gasteiger partial charge in [-0.25, -0.2) is 0 Å². The molecule has 0 saturated carbocycles. The topological polar surface area (TPSA) is 29.1 Å². The number of carbonyl (C=O) groups is 1. The second-order valence-corrected chi connectivity index (χ2v) is 8.37. The first-order valence-corrected chi connectivity index (χ1v) is 10.3. The van der Waals surface area contributed by atoms with Crippen molar-refractivity contribution in [2.24, 2.45) is 5.92 Å². The van der Waals surface area contributed by atoms with Gasteiger partial charge >= 0.3 is 0 Å². The van der Waals surface area contributed by atoms with E-state index in [1.54, 1.807) is 0 Å². The Morgan fingerprint density at radius 2 is 1.25 bits per heavy atom. The zero-order valence-electron chi connectivity index (χ0n) is 15.1. The molecule has 3 aromatic rings. The summed E-state index contributed by atoms with van der Waals surface area (Å²) >= 11 is 13.1. The lowest BCUT2D eigenvalue weighted by Gasteiger charge is -2.46. The van der Waals surface area contributed by atoms with E-state index in [4.69, 9.17) is 23.2 Å². The van der Waals surface area contributed by atoms with Gasteiger partial charge in [-0.2, -0.15) is 0 Å². The lowest BCUT2D eigenvalue weighted by Crippen LogP contribution is -2.50. The minimum Gasteiger partial charge on any atom is -0.301 e. The highest BCUT2D eigenvalue weighted by molar-refractivity contribution is 6.31. The van der Waals surface area contributed by atoms with E-state index >= 15 is 0 Å². The minimum absolute atomic E-state index is 0.140. The Morgan fingerprint density at radius 1 is 0.714 bits per heavy atom. The Labute approximate surface area is 174 Å². The molecule has 2 nitrogen and oxygen atoms in total. The fraction of sp³-hybridized carbons (Fsp3) is 0.208. The molecule has 4 unspecified atom stereocenters. The van der Waals surface area contributed by atoms with Gasteiger partial charge in [-0.1, -0.05) is 83.9 Å². The number of rotatable bonds is 2. The van der Waals surface area contributed by atoms with Gasteiger partial charge in [0.15, 0.2) is 0 Å². The van der Waals surface area contributed by atoms with Gasteiger partial charge in [0.2, 0.25) is 0 Å². The summed E-state index contributed by atoms with van der Waals surface area (Å²) in [5, 5.41) is 5.11. The van der Waals surface area contributed by atoms with Gasteiger partial charge in [0.1, 0.15) is 5.78 Å². The predicted octanol–water partition coefficient (Wildman–Crippen LogP) is 5.90. The monoisotopic (exact) mass is 407 g/mol. The molecule has 1 aliphatic heterocycles. The van der Waals surface area contributed by atoms with E-state index in [1.807, 2.05) is 60.7 Å². The molecule has 3 aromatic carbocycles. The van der Waals surface area contributed by atoms with Crippen molar-refractivity contribution in [3.63, 3.8) is 0 Å². The van der Waals surface area contributed by atoms with Gasteiger partial charge in [0.25, 0.3) is 0 Å². The van der Waals surface area contributed by atoms with Gasteiger partial charge in [-0.3, -0.25) is 4.79 Å². The second-order valence-electron chi connectivity index (χ2n) is 7.55. The molecule has 1 fully saturated rings.